The van der Waals surface area contributed by atoms with Crippen LogP contribution in [0, 0.1) is 18.6 Å². The van der Waals surface area contributed by atoms with Crippen molar-refractivity contribution >= 4 is 11.9 Å². The number of carbonyl (C=O) groups is 1. The van der Waals surface area contributed by atoms with Gasteiger partial charge in [0.2, 0.25) is 11.9 Å². The first-order valence-electron chi connectivity index (χ1n) is 11.2. The number of anilines is 1. The van der Waals surface area contributed by atoms with E-state index >= 15 is 0 Å². The maximum Gasteiger partial charge on any atom is 0.230 e. The SMILES string of the molecule is Cc1cc(-c2cn(-c3ccc(F)cc3)c(CC(=O)N3CCN(c4ncncn4)CC3)n2)ccc1F. The number of aryl methyl sites for hydroxylation is 1. The molecule has 1 saturated heterocycles. The van der Waals surface area contributed by atoms with Gasteiger partial charge in [-0.05, 0) is 55.0 Å². The van der Waals surface area contributed by atoms with E-state index in [0.29, 0.717) is 54.9 Å². The van der Waals surface area contributed by atoms with E-state index < -0.39 is 0 Å². The van der Waals surface area contributed by atoms with Gasteiger partial charge >= 0.3 is 0 Å². The highest BCUT2D eigenvalue weighted by Crippen LogP contribution is 2.24. The van der Waals surface area contributed by atoms with E-state index in [-0.39, 0.29) is 24.0 Å². The Morgan fingerprint density at radius 1 is 0.971 bits per heavy atom. The van der Waals surface area contributed by atoms with Crippen molar-refractivity contribution in [3.63, 3.8) is 0 Å². The van der Waals surface area contributed by atoms with Crippen LogP contribution >= 0.6 is 0 Å². The number of carbonyl (C=O) groups excluding carboxylic acids is 1. The molecule has 1 fully saturated rings. The van der Waals surface area contributed by atoms with Crippen molar-refractivity contribution in [3.05, 3.63) is 84.3 Å². The fourth-order valence-corrected chi connectivity index (χ4v) is 4.11. The summed E-state index contributed by atoms with van der Waals surface area (Å²) < 4.78 is 29.1. The Morgan fingerprint density at radius 3 is 2.37 bits per heavy atom. The number of nitrogens with zero attached hydrogens (tertiary/aromatic N) is 7. The molecular weight excluding hydrogens is 452 g/mol. The molecule has 2 aromatic heterocycles. The predicted molar refractivity (Wildman–Crippen MR) is 126 cm³/mol. The summed E-state index contributed by atoms with van der Waals surface area (Å²) in [5.41, 5.74) is 2.54. The average molecular weight is 476 g/mol. The molecule has 3 heterocycles. The first-order valence-corrected chi connectivity index (χ1v) is 11.2. The maximum absolute atomic E-state index is 13.8. The molecule has 4 aromatic rings. The largest absolute Gasteiger partial charge is 0.339 e. The lowest BCUT2D eigenvalue weighted by molar-refractivity contribution is -0.130. The first-order chi connectivity index (χ1) is 17.0. The number of rotatable bonds is 5. The van der Waals surface area contributed by atoms with Crippen LogP contribution in [0.25, 0.3) is 16.9 Å². The van der Waals surface area contributed by atoms with Crippen molar-refractivity contribution < 1.29 is 13.6 Å². The smallest absolute Gasteiger partial charge is 0.230 e. The van der Waals surface area contributed by atoms with Gasteiger partial charge in [-0.25, -0.2) is 28.7 Å². The lowest BCUT2D eigenvalue weighted by atomic mass is 10.1. The minimum Gasteiger partial charge on any atom is -0.339 e. The molecule has 0 aliphatic carbocycles. The summed E-state index contributed by atoms with van der Waals surface area (Å²) in [6, 6.07) is 10.8. The number of hydrogen-bond acceptors (Lipinski definition) is 6. The van der Waals surface area contributed by atoms with Crippen LogP contribution in [-0.2, 0) is 11.2 Å². The van der Waals surface area contributed by atoms with Crippen LogP contribution in [0.15, 0.2) is 61.3 Å². The molecule has 0 saturated carbocycles. The number of hydrogen-bond donors (Lipinski definition) is 0. The Morgan fingerprint density at radius 2 is 1.69 bits per heavy atom. The lowest BCUT2D eigenvalue weighted by Crippen LogP contribution is -2.49. The van der Waals surface area contributed by atoms with Gasteiger partial charge in [-0.3, -0.25) is 4.79 Å². The second-order valence-electron chi connectivity index (χ2n) is 8.34. The Balaban J connectivity index is 1.38. The topological polar surface area (TPSA) is 80.0 Å². The fraction of sp³-hybridized carbons (Fsp3) is 0.240. The molecule has 1 aliphatic rings. The molecule has 0 N–H and O–H groups in total. The summed E-state index contributed by atoms with van der Waals surface area (Å²) >= 11 is 0. The summed E-state index contributed by atoms with van der Waals surface area (Å²) in [7, 11) is 0. The van der Waals surface area contributed by atoms with Gasteiger partial charge in [-0.1, -0.05) is 0 Å². The van der Waals surface area contributed by atoms with Crippen molar-refractivity contribution in [3.8, 4) is 16.9 Å². The third-order valence-corrected chi connectivity index (χ3v) is 6.04. The van der Waals surface area contributed by atoms with Crippen LogP contribution in [0.2, 0.25) is 0 Å². The number of piperazine rings is 1. The fourth-order valence-electron chi connectivity index (χ4n) is 4.11. The standard InChI is InChI=1S/C25H23F2N7O/c1-17-12-18(2-7-21(17)27)22-14-34(20-5-3-19(26)4-6-20)23(31-22)13-24(35)32-8-10-33(11-9-32)25-29-15-28-16-30-25/h2-7,12,14-16H,8-11,13H2,1H3. The van der Waals surface area contributed by atoms with Crippen LogP contribution in [0.4, 0.5) is 14.7 Å². The highest BCUT2D eigenvalue weighted by Gasteiger charge is 2.24. The highest BCUT2D eigenvalue weighted by atomic mass is 19.1. The molecule has 1 aliphatic heterocycles. The van der Waals surface area contributed by atoms with Gasteiger partial charge in [-0.15, -0.1) is 0 Å². The van der Waals surface area contributed by atoms with Gasteiger partial charge < -0.3 is 14.4 Å². The molecular formula is C25H23F2N7O. The van der Waals surface area contributed by atoms with Crippen molar-refractivity contribution in [1.29, 1.82) is 0 Å². The van der Waals surface area contributed by atoms with Crippen LogP contribution in [0.1, 0.15) is 11.4 Å². The number of halogens is 2. The van der Waals surface area contributed by atoms with Crippen molar-refractivity contribution in [2.24, 2.45) is 0 Å². The summed E-state index contributed by atoms with van der Waals surface area (Å²) in [6.07, 6.45) is 4.77. The van der Waals surface area contributed by atoms with E-state index in [4.69, 9.17) is 4.98 Å². The van der Waals surface area contributed by atoms with Gasteiger partial charge in [0, 0.05) is 43.6 Å². The zero-order valence-corrected chi connectivity index (χ0v) is 19.1. The van der Waals surface area contributed by atoms with Gasteiger partial charge in [0.05, 0.1) is 12.1 Å². The second kappa shape index (κ2) is 9.57. The molecule has 1 amide bonds. The van der Waals surface area contributed by atoms with E-state index in [2.05, 4.69) is 15.0 Å². The molecule has 8 nitrogen and oxygen atoms in total. The third kappa shape index (κ3) is 4.86. The molecule has 0 atom stereocenters. The zero-order valence-electron chi connectivity index (χ0n) is 19.1. The molecule has 0 radical (unpaired) electrons. The highest BCUT2D eigenvalue weighted by molar-refractivity contribution is 5.79. The van der Waals surface area contributed by atoms with Crippen LogP contribution < -0.4 is 4.90 Å². The third-order valence-electron chi connectivity index (χ3n) is 6.04. The summed E-state index contributed by atoms with van der Waals surface area (Å²) in [4.78, 5) is 33.9. The number of benzene rings is 2. The lowest BCUT2D eigenvalue weighted by Gasteiger charge is -2.34. The van der Waals surface area contributed by atoms with Crippen LogP contribution in [0.3, 0.4) is 0 Å². The van der Waals surface area contributed by atoms with E-state index in [1.165, 1.54) is 30.9 Å². The molecule has 178 valence electrons. The Kier molecular flexibility index (Phi) is 6.17. The van der Waals surface area contributed by atoms with Crippen LogP contribution in [-0.4, -0.2) is 61.5 Å². The van der Waals surface area contributed by atoms with E-state index in [1.807, 2.05) is 4.90 Å². The Bertz CT molecular complexity index is 1330. The monoisotopic (exact) mass is 475 g/mol. The first kappa shape index (κ1) is 22.6. The summed E-state index contributed by atoms with van der Waals surface area (Å²) in [5.74, 6) is 0.420. The summed E-state index contributed by atoms with van der Waals surface area (Å²) in [6.45, 7) is 3.99. The van der Waals surface area contributed by atoms with Crippen molar-refractivity contribution in [2.45, 2.75) is 13.3 Å². The minimum atomic E-state index is -0.350. The molecule has 2 aromatic carbocycles. The number of amides is 1. The maximum atomic E-state index is 13.8. The number of imidazole rings is 1. The molecule has 5 rings (SSSR count). The van der Waals surface area contributed by atoms with Crippen molar-refractivity contribution in [1.82, 2.24) is 29.4 Å². The van der Waals surface area contributed by atoms with E-state index in [0.717, 1.165) is 5.56 Å². The molecule has 0 spiro atoms. The molecule has 35 heavy (non-hydrogen) atoms. The zero-order chi connectivity index (χ0) is 24.4. The number of aromatic nitrogens is 5. The Labute approximate surface area is 200 Å². The van der Waals surface area contributed by atoms with Crippen LogP contribution in [0.5, 0.6) is 0 Å². The average Bonchev–Trinajstić information content (AvgIpc) is 3.30. The summed E-state index contributed by atoms with van der Waals surface area (Å²) in [5, 5.41) is 0. The van der Waals surface area contributed by atoms with Crippen molar-refractivity contribution in [2.75, 3.05) is 31.1 Å². The molecule has 0 bridgehead atoms. The van der Waals surface area contributed by atoms with E-state index in [9.17, 15) is 13.6 Å². The van der Waals surface area contributed by atoms with Gasteiger partial charge in [0.25, 0.3) is 0 Å². The minimum absolute atomic E-state index is 0.0592. The van der Waals surface area contributed by atoms with Gasteiger partial charge in [0.15, 0.2) is 0 Å². The quantitative estimate of drug-likeness (QED) is 0.441. The predicted octanol–water partition coefficient (Wildman–Crippen LogP) is 3.20. The molecule has 10 heteroatoms. The van der Waals surface area contributed by atoms with E-state index in [1.54, 1.807) is 46.9 Å². The Hall–Kier alpha value is -4.21. The second-order valence-corrected chi connectivity index (χ2v) is 8.34. The molecule has 0 unspecified atom stereocenters. The van der Waals surface area contributed by atoms with Gasteiger partial charge in [-0.2, -0.15) is 0 Å². The normalized spacial score (nSPS) is 13.8. The van der Waals surface area contributed by atoms with Gasteiger partial charge in [0.1, 0.15) is 30.1 Å².